The first-order valence-electron chi connectivity index (χ1n) is 10.2. The minimum absolute atomic E-state index is 0.0951. The highest BCUT2D eigenvalue weighted by molar-refractivity contribution is 6.31. The molecule has 0 bridgehead atoms. The Morgan fingerprint density at radius 3 is 2.86 bits per heavy atom. The number of fused-ring (bicyclic) bond motifs is 1. The standard InChI is InChI=1S/C22H32ClN3O2/c1-4-7-22(27)28-15-14-26(5-2)13-6-8-17(3)25-20-11-12-24-21-16-18(23)9-10-19(20)21/h9-12,16-17H,4-8,13-15H2,1-3H3,(H,24,25). The lowest BCUT2D eigenvalue weighted by Gasteiger charge is -2.22. The lowest BCUT2D eigenvalue weighted by molar-refractivity contribution is -0.144. The molecule has 0 amide bonds. The molecule has 1 N–H and O–H groups in total. The number of ether oxygens (including phenoxy) is 1. The molecule has 2 rings (SSSR count). The van der Waals surface area contributed by atoms with E-state index in [9.17, 15) is 4.79 Å². The highest BCUT2D eigenvalue weighted by Gasteiger charge is 2.09. The number of halogens is 1. The van der Waals surface area contributed by atoms with Crippen LogP contribution >= 0.6 is 11.6 Å². The summed E-state index contributed by atoms with van der Waals surface area (Å²) in [6.45, 7) is 9.56. The van der Waals surface area contributed by atoms with Crippen molar-refractivity contribution in [2.24, 2.45) is 0 Å². The number of hydrogen-bond acceptors (Lipinski definition) is 5. The van der Waals surface area contributed by atoms with E-state index in [-0.39, 0.29) is 5.97 Å². The quantitative estimate of drug-likeness (QED) is 0.496. The zero-order chi connectivity index (χ0) is 20.4. The molecule has 0 aliphatic heterocycles. The second kappa shape index (κ2) is 11.9. The van der Waals surface area contributed by atoms with Gasteiger partial charge in [0.2, 0.25) is 0 Å². The molecule has 2 aromatic rings. The van der Waals surface area contributed by atoms with Crippen molar-refractivity contribution in [1.82, 2.24) is 9.88 Å². The first kappa shape index (κ1) is 22.4. The third-order valence-corrected chi connectivity index (χ3v) is 5.03. The first-order valence-corrected chi connectivity index (χ1v) is 10.6. The summed E-state index contributed by atoms with van der Waals surface area (Å²) in [5, 5.41) is 5.38. The molecule has 0 aliphatic carbocycles. The van der Waals surface area contributed by atoms with E-state index in [1.54, 1.807) is 0 Å². The van der Waals surface area contributed by atoms with Crippen molar-refractivity contribution in [3.8, 4) is 0 Å². The topological polar surface area (TPSA) is 54.5 Å². The van der Waals surface area contributed by atoms with Gasteiger partial charge in [-0.1, -0.05) is 25.4 Å². The van der Waals surface area contributed by atoms with Gasteiger partial charge >= 0.3 is 5.97 Å². The molecule has 1 aromatic heterocycles. The summed E-state index contributed by atoms with van der Waals surface area (Å²) in [4.78, 5) is 18.2. The molecule has 28 heavy (non-hydrogen) atoms. The van der Waals surface area contributed by atoms with Crippen LogP contribution in [0.15, 0.2) is 30.5 Å². The lowest BCUT2D eigenvalue weighted by Crippen LogP contribution is -2.30. The van der Waals surface area contributed by atoms with Crippen LogP contribution in [0.3, 0.4) is 0 Å². The Morgan fingerprint density at radius 2 is 2.11 bits per heavy atom. The van der Waals surface area contributed by atoms with E-state index in [2.05, 4.69) is 29.0 Å². The van der Waals surface area contributed by atoms with Crippen molar-refractivity contribution in [3.63, 3.8) is 0 Å². The lowest BCUT2D eigenvalue weighted by atomic mass is 10.1. The summed E-state index contributed by atoms with van der Waals surface area (Å²) < 4.78 is 5.26. The van der Waals surface area contributed by atoms with Crippen molar-refractivity contribution < 1.29 is 9.53 Å². The van der Waals surface area contributed by atoms with Gasteiger partial charge in [-0.25, -0.2) is 0 Å². The van der Waals surface area contributed by atoms with Gasteiger partial charge < -0.3 is 15.0 Å². The Morgan fingerprint density at radius 1 is 1.29 bits per heavy atom. The number of esters is 1. The average molecular weight is 406 g/mol. The zero-order valence-corrected chi connectivity index (χ0v) is 18.0. The first-order chi connectivity index (χ1) is 13.5. The number of nitrogens with zero attached hydrogens (tertiary/aromatic N) is 2. The third kappa shape index (κ3) is 7.28. The maximum atomic E-state index is 11.4. The van der Waals surface area contributed by atoms with Gasteiger partial charge in [0.15, 0.2) is 0 Å². The number of carbonyl (C=O) groups excluding carboxylic acids is 1. The molecule has 1 aromatic carbocycles. The number of likely N-dealkylation sites (N-methyl/N-ethyl adjacent to an activating group) is 1. The van der Waals surface area contributed by atoms with Crippen LogP contribution in [0.4, 0.5) is 5.69 Å². The number of hydrogen-bond donors (Lipinski definition) is 1. The smallest absolute Gasteiger partial charge is 0.305 e. The zero-order valence-electron chi connectivity index (χ0n) is 17.2. The summed E-state index contributed by atoms with van der Waals surface area (Å²) in [7, 11) is 0. The van der Waals surface area contributed by atoms with Crippen LogP contribution in [0.1, 0.15) is 46.5 Å². The van der Waals surface area contributed by atoms with Gasteiger partial charge in [0.05, 0.1) is 5.52 Å². The summed E-state index contributed by atoms with van der Waals surface area (Å²) >= 11 is 6.07. The number of nitrogens with one attached hydrogen (secondary N) is 1. The van der Waals surface area contributed by atoms with Crippen LogP contribution in [-0.4, -0.2) is 48.1 Å². The number of anilines is 1. The summed E-state index contributed by atoms with van der Waals surface area (Å²) in [6.07, 6.45) is 5.29. The number of carbonyl (C=O) groups is 1. The van der Waals surface area contributed by atoms with E-state index in [0.29, 0.717) is 24.1 Å². The SMILES string of the molecule is CCCC(=O)OCCN(CC)CCCC(C)Nc1ccnc2cc(Cl)ccc12. The summed E-state index contributed by atoms with van der Waals surface area (Å²) in [5.41, 5.74) is 1.99. The summed E-state index contributed by atoms with van der Waals surface area (Å²) in [6, 6.07) is 8.16. The molecule has 0 saturated heterocycles. The van der Waals surface area contributed by atoms with Crippen LogP contribution in [0.2, 0.25) is 5.02 Å². The predicted octanol–water partition coefficient (Wildman–Crippen LogP) is 5.13. The van der Waals surface area contributed by atoms with Gasteiger partial charge in [-0.2, -0.15) is 0 Å². The maximum absolute atomic E-state index is 11.4. The van der Waals surface area contributed by atoms with Crippen molar-refractivity contribution in [3.05, 3.63) is 35.5 Å². The molecule has 5 nitrogen and oxygen atoms in total. The van der Waals surface area contributed by atoms with Gasteiger partial charge in [0.25, 0.3) is 0 Å². The fraction of sp³-hybridized carbons (Fsp3) is 0.545. The highest BCUT2D eigenvalue weighted by atomic mass is 35.5. The fourth-order valence-corrected chi connectivity index (χ4v) is 3.37. The number of rotatable bonds is 12. The molecule has 0 saturated carbocycles. The second-order valence-corrected chi connectivity index (χ2v) is 7.55. The molecule has 1 unspecified atom stereocenters. The summed E-state index contributed by atoms with van der Waals surface area (Å²) in [5.74, 6) is -0.0951. The van der Waals surface area contributed by atoms with E-state index in [1.165, 1.54) is 0 Å². The second-order valence-electron chi connectivity index (χ2n) is 7.11. The van der Waals surface area contributed by atoms with Crippen molar-refractivity contribution >= 4 is 34.2 Å². The van der Waals surface area contributed by atoms with Gasteiger partial charge in [-0.05, 0) is 63.5 Å². The van der Waals surface area contributed by atoms with Gasteiger partial charge in [-0.3, -0.25) is 9.78 Å². The monoisotopic (exact) mass is 405 g/mol. The Kier molecular flexibility index (Phi) is 9.51. The van der Waals surface area contributed by atoms with Crippen LogP contribution in [0.5, 0.6) is 0 Å². The Hall–Kier alpha value is -1.85. The van der Waals surface area contributed by atoms with Crippen LogP contribution in [-0.2, 0) is 9.53 Å². The third-order valence-electron chi connectivity index (χ3n) is 4.79. The largest absolute Gasteiger partial charge is 0.464 e. The molecule has 0 aliphatic rings. The molecule has 0 fully saturated rings. The van der Waals surface area contributed by atoms with Crippen LogP contribution < -0.4 is 5.32 Å². The van der Waals surface area contributed by atoms with Crippen LogP contribution in [0.25, 0.3) is 10.9 Å². The Balaban J connectivity index is 1.76. The molecule has 154 valence electrons. The Labute approximate surface area is 173 Å². The van der Waals surface area contributed by atoms with Crippen molar-refractivity contribution in [2.45, 2.75) is 52.5 Å². The molecule has 6 heteroatoms. The molecule has 0 spiro atoms. The van der Waals surface area contributed by atoms with E-state index in [0.717, 1.165) is 55.5 Å². The van der Waals surface area contributed by atoms with Gasteiger partial charge in [0, 0.05) is 41.3 Å². The number of aromatic nitrogens is 1. The molecular weight excluding hydrogens is 374 g/mol. The van der Waals surface area contributed by atoms with Crippen molar-refractivity contribution in [1.29, 1.82) is 0 Å². The number of pyridine rings is 1. The average Bonchev–Trinajstić information content (AvgIpc) is 2.67. The minimum Gasteiger partial charge on any atom is -0.464 e. The van der Waals surface area contributed by atoms with Crippen molar-refractivity contribution in [2.75, 3.05) is 31.6 Å². The van der Waals surface area contributed by atoms with Gasteiger partial charge in [0.1, 0.15) is 6.61 Å². The molecule has 1 heterocycles. The predicted molar refractivity (Wildman–Crippen MR) is 117 cm³/mol. The van der Waals surface area contributed by atoms with E-state index in [1.807, 2.05) is 37.4 Å². The van der Waals surface area contributed by atoms with Crippen LogP contribution in [0, 0.1) is 0 Å². The minimum atomic E-state index is -0.0951. The van der Waals surface area contributed by atoms with E-state index >= 15 is 0 Å². The Bertz CT molecular complexity index is 754. The van der Waals surface area contributed by atoms with Gasteiger partial charge in [-0.15, -0.1) is 0 Å². The van der Waals surface area contributed by atoms with E-state index < -0.39 is 0 Å². The molecule has 0 radical (unpaired) electrons. The molecule has 1 atom stereocenters. The normalized spacial score (nSPS) is 12.3. The maximum Gasteiger partial charge on any atom is 0.305 e. The highest BCUT2D eigenvalue weighted by Crippen LogP contribution is 2.25. The molecular formula is C22H32ClN3O2. The fourth-order valence-electron chi connectivity index (χ4n) is 3.20. The van der Waals surface area contributed by atoms with E-state index in [4.69, 9.17) is 16.3 Å². The number of benzene rings is 1.